The fraction of sp³-hybridized carbons (Fsp3) is 0.448. The summed E-state index contributed by atoms with van der Waals surface area (Å²) in [5.74, 6) is 0.925. The van der Waals surface area contributed by atoms with Gasteiger partial charge in [0.05, 0.1) is 16.0 Å². The number of nitrogens with zero attached hydrogens (tertiary/aromatic N) is 4. The lowest BCUT2D eigenvalue weighted by Gasteiger charge is -2.25. The molecule has 5 aromatic rings. The van der Waals surface area contributed by atoms with E-state index in [2.05, 4.69) is 46.0 Å². The Bertz CT molecular complexity index is 1440. The summed E-state index contributed by atoms with van der Waals surface area (Å²) >= 11 is 6.93. The standard InChI is InChI=1S/C18H20N2OS2.C11H14N2OS2.2H2/c1-13-5-7-14(8-6-13)21-12-15-11-16-17(22-15)19-18(23-16)20-9-3-2-4-10-20;14-7-8-6-9-10(15-8)12-11(16-9)13-4-2-1-3-5-13;;/h5-8,11H,2-4,9-10,12H2,1H3;6,14H,1-5,7H2;2*1H/i;;1+1D;1+1. The lowest BCUT2D eigenvalue weighted by molar-refractivity contribution is 0.285. The van der Waals surface area contributed by atoms with Crippen molar-refractivity contribution in [2.75, 3.05) is 36.0 Å². The number of thiophene rings is 2. The smallest absolute Gasteiger partial charge is 0.187 e. The monoisotopic (exact) mass is 605 g/mol. The highest BCUT2D eigenvalue weighted by Crippen LogP contribution is 2.37. The van der Waals surface area contributed by atoms with Crippen LogP contribution in [0, 0.1) is 6.92 Å². The van der Waals surface area contributed by atoms with Gasteiger partial charge in [-0.05, 0) is 69.7 Å². The van der Waals surface area contributed by atoms with E-state index in [0.29, 0.717) is 6.61 Å². The zero-order valence-corrected chi connectivity index (χ0v) is 25.5. The Morgan fingerprint density at radius 2 is 1.28 bits per heavy atom. The molecule has 0 saturated carbocycles. The van der Waals surface area contributed by atoms with Crippen molar-refractivity contribution in [3.05, 3.63) is 51.7 Å². The Morgan fingerprint density at radius 3 is 1.79 bits per heavy atom. The fourth-order valence-electron chi connectivity index (χ4n) is 4.92. The van der Waals surface area contributed by atoms with Gasteiger partial charge < -0.3 is 19.6 Å². The highest BCUT2D eigenvalue weighted by atomic mass is 32.1. The normalized spacial score (nSPS) is 16.3. The number of ether oxygens (including phenoxy) is 1. The van der Waals surface area contributed by atoms with Gasteiger partial charge in [-0.3, -0.25) is 0 Å². The quantitative estimate of drug-likeness (QED) is 0.209. The van der Waals surface area contributed by atoms with Crippen LogP contribution in [-0.2, 0) is 13.2 Å². The molecule has 0 bridgehead atoms. The number of hydrogen-bond acceptors (Lipinski definition) is 10. The molecule has 39 heavy (non-hydrogen) atoms. The van der Waals surface area contributed by atoms with Crippen LogP contribution < -0.4 is 14.5 Å². The lowest BCUT2D eigenvalue weighted by atomic mass is 10.1. The van der Waals surface area contributed by atoms with Crippen molar-refractivity contribution in [3.63, 3.8) is 0 Å². The lowest BCUT2D eigenvalue weighted by Crippen LogP contribution is -2.29. The van der Waals surface area contributed by atoms with Crippen LogP contribution in [0.1, 0.15) is 58.2 Å². The first-order valence-corrected chi connectivity index (χ1v) is 17.0. The average molecular weight is 606 g/mol. The molecule has 0 amide bonds. The van der Waals surface area contributed by atoms with E-state index in [1.54, 1.807) is 34.0 Å². The molecule has 4 aromatic heterocycles. The molecule has 7 rings (SSSR count). The summed E-state index contributed by atoms with van der Waals surface area (Å²) in [5, 5.41) is 11.4. The largest absolute Gasteiger partial charge is 0.488 e. The number of aryl methyl sites for hydroxylation is 1. The Balaban J connectivity index is 0.000000188. The maximum absolute atomic E-state index is 9.05. The number of aliphatic hydroxyl groups excluding tert-OH is 1. The van der Waals surface area contributed by atoms with Crippen molar-refractivity contribution in [1.82, 2.24) is 9.97 Å². The van der Waals surface area contributed by atoms with E-state index in [1.807, 2.05) is 23.5 Å². The Morgan fingerprint density at radius 1 is 0.769 bits per heavy atom. The molecule has 0 spiro atoms. The molecule has 210 valence electrons. The molecule has 2 aliphatic rings. The molecule has 6 nitrogen and oxygen atoms in total. The Hall–Kier alpha value is -2.24. The van der Waals surface area contributed by atoms with E-state index in [0.717, 1.165) is 51.6 Å². The number of thiazole rings is 2. The minimum Gasteiger partial charge on any atom is -0.488 e. The minimum atomic E-state index is 0. The van der Waals surface area contributed by atoms with Crippen LogP contribution in [0.15, 0.2) is 36.4 Å². The first-order valence-electron chi connectivity index (χ1n) is 14.7. The van der Waals surface area contributed by atoms with Gasteiger partial charge in [0.25, 0.3) is 0 Å². The second kappa shape index (κ2) is 12.5. The SMILES string of the molecule is Cc1ccc(OCc2cc3sc(N4CCCCC4)nc3s2)cc1.OCc1cc2sc(N3CCCCC3)nc2s1.[2HH].[2H][2H]. The molecular weight excluding hydrogens is 565 g/mol. The van der Waals surface area contributed by atoms with Crippen LogP contribution in [0.5, 0.6) is 5.75 Å². The van der Waals surface area contributed by atoms with Crippen LogP contribution in [0.2, 0.25) is 0 Å². The van der Waals surface area contributed by atoms with E-state index in [-0.39, 0.29) is 8.03 Å². The van der Waals surface area contributed by atoms with Gasteiger partial charge in [-0.25, -0.2) is 9.97 Å². The summed E-state index contributed by atoms with van der Waals surface area (Å²) < 4.78 is 18.4. The van der Waals surface area contributed by atoms with Gasteiger partial charge in [0.15, 0.2) is 10.3 Å². The van der Waals surface area contributed by atoms with Gasteiger partial charge >= 0.3 is 0 Å². The Labute approximate surface area is 250 Å². The second-order valence-electron chi connectivity index (χ2n) is 10.1. The predicted molar refractivity (Wildman–Crippen MR) is 173 cm³/mol. The van der Waals surface area contributed by atoms with Crippen LogP contribution in [0.25, 0.3) is 19.1 Å². The molecule has 0 unspecified atom stereocenters. The van der Waals surface area contributed by atoms with Crippen LogP contribution in [0.3, 0.4) is 0 Å². The number of anilines is 2. The van der Waals surface area contributed by atoms with Crippen molar-refractivity contribution in [2.24, 2.45) is 0 Å². The first kappa shape index (κ1) is 25.7. The molecule has 2 fully saturated rings. The molecule has 0 radical (unpaired) electrons. The summed E-state index contributed by atoms with van der Waals surface area (Å²) in [6.45, 7) is 7.45. The van der Waals surface area contributed by atoms with Crippen LogP contribution in [-0.4, -0.2) is 41.3 Å². The third-order valence-corrected chi connectivity index (χ3v) is 11.5. The highest BCUT2D eigenvalue weighted by molar-refractivity contribution is 7.29. The third-order valence-electron chi connectivity index (χ3n) is 7.07. The second-order valence-corrected chi connectivity index (χ2v) is 14.4. The van der Waals surface area contributed by atoms with Gasteiger partial charge in [0.2, 0.25) is 0 Å². The van der Waals surface area contributed by atoms with E-state index >= 15 is 0 Å². The average Bonchev–Trinajstić information content (AvgIpc) is 3.79. The maximum atomic E-state index is 9.05. The van der Waals surface area contributed by atoms with E-state index in [4.69, 9.17) is 17.8 Å². The van der Waals surface area contributed by atoms with E-state index in [9.17, 15) is 0 Å². The van der Waals surface area contributed by atoms with Gasteiger partial charge in [-0.2, -0.15) is 0 Å². The Kier molecular flexibility index (Phi) is 8.25. The zero-order chi connectivity index (χ0) is 28.6. The molecule has 2 aliphatic heterocycles. The number of aromatic nitrogens is 2. The number of rotatable bonds is 6. The molecule has 10 heteroatoms. The predicted octanol–water partition coefficient (Wildman–Crippen LogP) is 8.57. The summed E-state index contributed by atoms with van der Waals surface area (Å²) in [5.41, 5.74) is 1.25. The first-order chi connectivity index (χ1) is 20.1. The summed E-state index contributed by atoms with van der Waals surface area (Å²) in [6, 6.07) is 12.5. The van der Waals surface area contributed by atoms with Crippen molar-refractivity contribution in [3.8, 4) is 5.75 Å². The number of hydrogen-bond donors (Lipinski definition) is 1. The molecule has 6 heterocycles. The number of piperidine rings is 2. The highest BCUT2D eigenvalue weighted by Gasteiger charge is 2.18. The fourth-order valence-corrected chi connectivity index (χ4v) is 9.26. The van der Waals surface area contributed by atoms with Crippen LogP contribution >= 0.6 is 45.3 Å². The van der Waals surface area contributed by atoms with Gasteiger partial charge in [-0.15, -0.1) is 22.7 Å². The molecule has 0 atom stereocenters. The molecule has 2 saturated heterocycles. The van der Waals surface area contributed by atoms with Gasteiger partial charge in [-0.1, -0.05) is 40.4 Å². The molecule has 1 N–H and O–H groups in total. The minimum absolute atomic E-state index is 0. The maximum Gasteiger partial charge on any atom is 0.187 e. The van der Waals surface area contributed by atoms with Crippen molar-refractivity contribution < 1.29 is 14.2 Å². The molecular formula is C29H38N4O2S4. The van der Waals surface area contributed by atoms with Crippen molar-refractivity contribution >= 4 is 74.7 Å². The summed E-state index contributed by atoms with van der Waals surface area (Å²) in [4.78, 5) is 18.8. The van der Waals surface area contributed by atoms with Crippen LogP contribution in [0.4, 0.5) is 10.3 Å². The van der Waals surface area contributed by atoms with Crippen molar-refractivity contribution in [2.45, 2.75) is 58.7 Å². The molecule has 1 aromatic carbocycles. The van der Waals surface area contributed by atoms with Crippen molar-refractivity contribution in [1.29, 1.82) is 0 Å². The van der Waals surface area contributed by atoms with Gasteiger partial charge in [0.1, 0.15) is 22.0 Å². The van der Waals surface area contributed by atoms with E-state index < -0.39 is 0 Å². The zero-order valence-electron chi connectivity index (χ0n) is 24.2. The summed E-state index contributed by atoms with van der Waals surface area (Å²) in [6.07, 6.45) is 7.87. The third kappa shape index (κ3) is 6.57. The summed E-state index contributed by atoms with van der Waals surface area (Å²) in [7, 11) is 0. The van der Waals surface area contributed by atoms with Gasteiger partial charge in [0, 0.05) is 40.3 Å². The van der Waals surface area contributed by atoms with E-state index in [1.165, 1.54) is 63.5 Å². The number of benzene rings is 1. The topological polar surface area (TPSA) is 61.7 Å². The number of aliphatic hydroxyl groups is 1. The number of fused-ring (bicyclic) bond motifs is 2. The molecule has 0 aliphatic carbocycles.